The number of carbonyl (C=O) groups excluding carboxylic acids is 3. The summed E-state index contributed by atoms with van der Waals surface area (Å²) in [5.74, 6) is -0.515. The van der Waals surface area contributed by atoms with Crippen LogP contribution in [0, 0.1) is 0 Å². The van der Waals surface area contributed by atoms with Gasteiger partial charge in [0.25, 0.3) is 5.91 Å². The molecule has 0 spiro atoms. The number of hydrogen-bond acceptors (Lipinski definition) is 5. The molecule has 3 aromatic rings. The molecule has 0 aliphatic heterocycles. The Labute approximate surface area is 159 Å². The molecule has 7 nitrogen and oxygen atoms in total. The first-order chi connectivity index (χ1) is 13.0. The molecule has 2 aromatic carbocycles. The summed E-state index contributed by atoms with van der Waals surface area (Å²) in [4.78, 5) is 39.8. The number of anilines is 3. The van der Waals surface area contributed by atoms with Crippen molar-refractivity contribution < 1.29 is 14.4 Å². The fourth-order valence-electron chi connectivity index (χ4n) is 2.23. The second kappa shape index (κ2) is 8.24. The van der Waals surface area contributed by atoms with Gasteiger partial charge in [-0.2, -0.15) is 0 Å². The minimum Gasteiger partial charge on any atom is -0.321 e. The Morgan fingerprint density at radius 3 is 2.37 bits per heavy atom. The van der Waals surface area contributed by atoms with E-state index in [0.717, 1.165) is 11.3 Å². The zero-order chi connectivity index (χ0) is 19.2. The second-order valence-electron chi connectivity index (χ2n) is 5.57. The predicted octanol–water partition coefficient (Wildman–Crippen LogP) is 4.24. The first-order valence-electron chi connectivity index (χ1n) is 8.02. The van der Waals surface area contributed by atoms with Gasteiger partial charge in [0.05, 0.1) is 0 Å². The molecule has 3 rings (SSSR count). The van der Waals surface area contributed by atoms with Crippen molar-refractivity contribution in [3.8, 4) is 0 Å². The lowest BCUT2D eigenvalue weighted by Crippen LogP contribution is -2.19. The quantitative estimate of drug-likeness (QED) is 0.576. The van der Waals surface area contributed by atoms with Crippen LogP contribution in [0.25, 0.3) is 0 Å². The Morgan fingerprint density at radius 1 is 0.889 bits per heavy atom. The van der Waals surface area contributed by atoms with Crippen molar-refractivity contribution >= 4 is 45.6 Å². The fourth-order valence-corrected chi connectivity index (χ4v) is 2.91. The van der Waals surface area contributed by atoms with E-state index in [2.05, 4.69) is 20.9 Å². The van der Waals surface area contributed by atoms with Gasteiger partial charge in [-0.05, 0) is 31.2 Å². The first-order valence-corrected chi connectivity index (χ1v) is 8.90. The number of amides is 3. The second-order valence-corrected chi connectivity index (χ2v) is 6.43. The number of para-hydroxylation sites is 1. The van der Waals surface area contributed by atoms with Gasteiger partial charge in [0.15, 0.2) is 10.9 Å². The molecule has 8 heteroatoms. The average molecular weight is 380 g/mol. The molecule has 0 aliphatic rings. The van der Waals surface area contributed by atoms with E-state index in [9.17, 15) is 14.4 Å². The summed E-state index contributed by atoms with van der Waals surface area (Å²) in [6.07, 6.45) is 0. The summed E-state index contributed by atoms with van der Waals surface area (Å²) in [7, 11) is 0. The van der Waals surface area contributed by atoms with E-state index in [4.69, 9.17) is 0 Å². The number of Topliss-reactive ketones (excluding diaryl/α,β-unsaturated/α-hetero) is 1. The molecule has 0 fully saturated rings. The van der Waals surface area contributed by atoms with Gasteiger partial charge < -0.3 is 10.6 Å². The van der Waals surface area contributed by atoms with E-state index < -0.39 is 11.9 Å². The molecular formula is C19H16N4O3S. The van der Waals surface area contributed by atoms with Gasteiger partial charge in [-0.1, -0.05) is 30.3 Å². The van der Waals surface area contributed by atoms with Gasteiger partial charge in [-0.25, -0.2) is 9.78 Å². The van der Waals surface area contributed by atoms with E-state index in [0.29, 0.717) is 22.1 Å². The molecule has 0 aliphatic carbocycles. The molecule has 0 saturated carbocycles. The Balaban J connectivity index is 1.61. The number of hydrogen-bond donors (Lipinski definition) is 3. The van der Waals surface area contributed by atoms with Crippen LogP contribution in [0.15, 0.2) is 60.0 Å². The fraction of sp³-hybridized carbons (Fsp3) is 0.0526. The highest BCUT2D eigenvalue weighted by Crippen LogP contribution is 2.18. The zero-order valence-corrected chi connectivity index (χ0v) is 15.2. The van der Waals surface area contributed by atoms with Crippen molar-refractivity contribution in [3.63, 3.8) is 0 Å². The largest absolute Gasteiger partial charge is 0.325 e. The lowest BCUT2D eigenvalue weighted by atomic mass is 10.1. The number of thiazole rings is 1. The van der Waals surface area contributed by atoms with Gasteiger partial charge in [0.2, 0.25) is 0 Å². The van der Waals surface area contributed by atoms with Gasteiger partial charge in [0.1, 0.15) is 5.69 Å². The van der Waals surface area contributed by atoms with Crippen LogP contribution in [-0.4, -0.2) is 22.7 Å². The number of carbonyl (C=O) groups is 3. The monoisotopic (exact) mass is 380 g/mol. The third-order valence-corrected chi connectivity index (χ3v) is 4.27. The number of aromatic nitrogens is 1. The van der Waals surface area contributed by atoms with Crippen LogP contribution in [-0.2, 0) is 0 Å². The van der Waals surface area contributed by atoms with Crippen molar-refractivity contribution in [2.75, 3.05) is 16.0 Å². The summed E-state index contributed by atoms with van der Waals surface area (Å²) in [5, 5.41) is 9.78. The maximum Gasteiger partial charge on any atom is 0.325 e. The van der Waals surface area contributed by atoms with Crippen LogP contribution in [0.1, 0.15) is 27.8 Å². The number of benzene rings is 2. The van der Waals surface area contributed by atoms with Crippen molar-refractivity contribution in [3.05, 3.63) is 71.2 Å². The Morgan fingerprint density at radius 2 is 1.63 bits per heavy atom. The van der Waals surface area contributed by atoms with Crippen molar-refractivity contribution in [1.82, 2.24) is 4.98 Å². The smallest absolute Gasteiger partial charge is 0.321 e. The molecule has 0 bridgehead atoms. The maximum atomic E-state index is 12.3. The predicted molar refractivity (Wildman–Crippen MR) is 106 cm³/mol. The van der Waals surface area contributed by atoms with Crippen LogP contribution in [0.2, 0.25) is 0 Å². The zero-order valence-electron chi connectivity index (χ0n) is 14.4. The van der Waals surface area contributed by atoms with E-state index >= 15 is 0 Å². The lowest BCUT2D eigenvalue weighted by Gasteiger charge is -2.05. The third kappa shape index (κ3) is 4.99. The molecule has 136 valence electrons. The third-order valence-electron chi connectivity index (χ3n) is 3.52. The van der Waals surface area contributed by atoms with Gasteiger partial charge in [-0.15, -0.1) is 11.3 Å². The molecule has 0 radical (unpaired) electrons. The summed E-state index contributed by atoms with van der Waals surface area (Å²) in [6.45, 7) is 1.46. The standard InChI is InChI=1S/C19H16N4O3S/c1-12(24)13-6-5-9-15(10-13)20-17(25)16-11-27-19(22-16)23-18(26)21-14-7-3-2-4-8-14/h2-11H,1H3,(H,20,25)(H2,21,22,23,26). The number of nitrogens with zero attached hydrogens (tertiary/aromatic N) is 1. The number of urea groups is 1. The minimum absolute atomic E-state index is 0.0873. The van der Waals surface area contributed by atoms with Gasteiger partial charge in [-0.3, -0.25) is 14.9 Å². The summed E-state index contributed by atoms with van der Waals surface area (Å²) in [6, 6.07) is 15.2. The van der Waals surface area contributed by atoms with Crippen LogP contribution in [0.5, 0.6) is 0 Å². The topological polar surface area (TPSA) is 100 Å². The molecule has 0 unspecified atom stereocenters. The van der Waals surface area contributed by atoms with Crippen molar-refractivity contribution in [2.24, 2.45) is 0 Å². The highest BCUT2D eigenvalue weighted by molar-refractivity contribution is 7.14. The molecule has 3 amide bonds. The van der Waals surface area contributed by atoms with Gasteiger partial charge >= 0.3 is 6.03 Å². The minimum atomic E-state index is -0.448. The molecule has 0 saturated heterocycles. The van der Waals surface area contributed by atoms with Crippen LogP contribution in [0.4, 0.5) is 21.3 Å². The van der Waals surface area contributed by atoms with Crippen molar-refractivity contribution in [1.29, 1.82) is 0 Å². The highest BCUT2D eigenvalue weighted by atomic mass is 32.1. The Hall–Kier alpha value is -3.52. The van der Waals surface area contributed by atoms with E-state index in [-0.39, 0.29) is 11.5 Å². The van der Waals surface area contributed by atoms with Crippen molar-refractivity contribution in [2.45, 2.75) is 6.92 Å². The SMILES string of the molecule is CC(=O)c1cccc(NC(=O)c2csc(NC(=O)Nc3ccccc3)n2)c1. The normalized spacial score (nSPS) is 10.1. The maximum absolute atomic E-state index is 12.3. The average Bonchev–Trinajstić information content (AvgIpc) is 3.11. The van der Waals surface area contributed by atoms with E-state index in [1.165, 1.54) is 6.92 Å². The van der Waals surface area contributed by atoms with E-state index in [1.807, 2.05) is 18.2 Å². The van der Waals surface area contributed by atoms with Crippen LogP contribution in [0.3, 0.4) is 0 Å². The summed E-state index contributed by atoms with van der Waals surface area (Å²) >= 11 is 1.14. The molecule has 1 heterocycles. The molecule has 3 N–H and O–H groups in total. The van der Waals surface area contributed by atoms with Crippen LogP contribution >= 0.6 is 11.3 Å². The first kappa shape index (κ1) is 18.3. The van der Waals surface area contributed by atoms with Gasteiger partial charge in [0, 0.05) is 22.3 Å². The number of ketones is 1. The highest BCUT2D eigenvalue weighted by Gasteiger charge is 2.13. The summed E-state index contributed by atoms with van der Waals surface area (Å²) < 4.78 is 0. The van der Waals surface area contributed by atoms with E-state index in [1.54, 1.807) is 41.8 Å². The Bertz CT molecular complexity index is 985. The molecule has 0 atom stereocenters. The molecule has 1 aromatic heterocycles. The molecular weight excluding hydrogens is 364 g/mol. The Kier molecular flexibility index (Phi) is 5.58. The number of rotatable bonds is 5. The lowest BCUT2D eigenvalue weighted by molar-refractivity contribution is 0.100. The number of nitrogens with one attached hydrogen (secondary N) is 3. The molecule has 27 heavy (non-hydrogen) atoms. The van der Waals surface area contributed by atoms with Crippen LogP contribution < -0.4 is 16.0 Å². The summed E-state index contributed by atoms with van der Waals surface area (Å²) in [5.41, 5.74) is 1.82.